The molecule has 3 aromatic carbocycles. The average Bonchev–Trinajstić information content (AvgIpc) is 2.89. The normalized spacial score (nSPS) is 11.6. The Morgan fingerprint density at radius 2 is 1.34 bits per heavy atom. The van der Waals surface area contributed by atoms with Crippen molar-refractivity contribution in [2.24, 2.45) is 5.92 Å². The van der Waals surface area contributed by atoms with Crippen LogP contribution < -0.4 is 14.8 Å². The Morgan fingerprint density at radius 3 is 1.86 bits per heavy atom. The molecule has 0 heterocycles. The third-order valence-corrected chi connectivity index (χ3v) is 5.84. The second-order valence-electron chi connectivity index (χ2n) is 8.67. The van der Waals surface area contributed by atoms with Gasteiger partial charge in [0, 0.05) is 19.0 Å². The number of nitrogens with zero attached hydrogens (tertiary/aromatic N) is 1. The van der Waals surface area contributed by atoms with Crippen LogP contribution in [0.4, 0.5) is 0 Å². The van der Waals surface area contributed by atoms with Gasteiger partial charge in [0.1, 0.15) is 17.5 Å². The summed E-state index contributed by atoms with van der Waals surface area (Å²) < 4.78 is 10.5. The molecule has 0 saturated heterocycles. The van der Waals surface area contributed by atoms with Gasteiger partial charge in [-0.25, -0.2) is 0 Å². The van der Waals surface area contributed by atoms with E-state index in [0.717, 1.165) is 28.2 Å². The fourth-order valence-electron chi connectivity index (χ4n) is 3.88. The minimum atomic E-state index is -0.746. The Hall–Kier alpha value is -3.80. The highest BCUT2D eigenvalue weighted by Gasteiger charge is 2.32. The fourth-order valence-corrected chi connectivity index (χ4v) is 3.88. The summed E-state index contributed by atoms with van der Waals surface area (Å²) in [5, 5.41) is 3.05. The number of methoxy groups -OCH3 is 2. The lowest BCUT2D eigenvalue weighted by Crippen LogP contribution is -2.45. The molecule has 35 heavy (non-hydrogen) atoms. The van der Waals surface area contributed by atoms with Crippen LogP contribution in [0, 0.1) is 5.92 Å². The van der Waals surface area contributed by atoms with E-state index in [1.54, 1.807) is 19.1 Å². The van der Waals surface area contributed by atoms with E-state index in [9.17, 15) is 9.59 Å². The summed E-state index contributed by atoms with van der Waals surface area (Å²) in [4.78, 5) is 28.6. The first-order valence-corrected chi connectivity index (χ1v) is 11.8. The number of benzene rings is 3. The smallest absolute Gasteiger partial charge is 0.247 e. The van der Waals surface area contributed by atoms with E-state index < -0.39 is 6.04 Å². The van der Waals surface area contributed by atoms with E-state index >= 15 is 0 Å². The van der Waals surface area contributed by atoms with Gasteiger partial charge in [-0.2, -0.15) is 0 Å². The number of rotatable bonds is 11. The summed E-state index contributed by atoms with van der Waals surface area (Å²) in [5.74, 6) is 0.994. The summed E-state index contributed by atoms with van der Waals surface area (Å²) in [6.07, 6.45) is 0.674. The van der Waals surface area contributed by atoms with E-state index in [2.05, 4.69) is 5.32 Å². The lowest BCUT2D eigenvalue weighted by molar-refractivity contribution is -0.144. The first-order valence-electron chi connectivity index (χ1n) is 11.8. The summed E-state index contributed by atoms with van der Waals surface area (Å²) in [6, 6.07) is 24.1. The molecule has 184 valence electrons. The van der Waals surface area contributed by atoms with Crippen LogP contribution in [0.15, 0.2) is 78.9 Å². The van der Waals surface area contributed by atoms with Crippen molar-refractivity contribution in [3.63, 3.8) is 0 Å². The van der Waals surface area contributed by atoms with Gasteiger partial charge in [-0.1, -0.05) is 68.4 Å². The highest BCUT2D eigenvalue weighted by molar-refractivity contribution is 5.89. The van der Waals surface area contributed by atoms with Gasteiger partial charge in [-0.15, -0.1) is 0 Å². The molecule has 6 nitrogen and oxygen atoms in total. The Morgan fingerprint density at radius 1 is 0.800 bits per heavy atom. The fraction of sp³-hybridized carbons (Fsp3) is 0.310. The van der Waals surface area contributed by atoms with Crippen LogP contribution in [0.5, 0.6) is 11.5 Å². The number of hydrogen-bond acceptors (Lipinski definition) is 4. The zero-order valence-corrected chi connectivity index (χ0v) is 20.9. The molecular weight excluding hydrogens is 440 g/mol. The molecule has 3 rings (SSSR count). The highest BCUT2D eigenvalue weighted by Crippen LogP contribution is 2.26. The Labute approximate surface area is 207 Å². The van der Waals surface area contributed by atoms with E-state index in [1.165, 1.54) is 0 Å². The van der Waals surface area contributed by atoms with Crippen molar-refractivity contribution in [1.82, 2.24) is 10.2 Å². The van der Waals surface area contributed by atoms with Gasteiger partial charge in [-0.05, 0) is 47.4 Å². The maximum absolute atomic E-state index is 13.5. The molecule has 1 N–H and O–H groups in total. The van der Waals surface area contributed by atoms with Crippen LogP contribution in [-0.4, -0.2) is 37.5 Å². The van der Waals surface area contributed by atoms with Crippen molar-refractivity contribution < 1.29 is 19.1 Å². The second kappa shape index (κ2) is 12.6. The molecular formula is C29H34N2O4. The number of amides is 2. The van der Waals surface area contributed by atoms with Crippen LogP contribution in [-0.2, 0) is 22.6 Å². The minimum Gasteiger partial charge on any atom is -0.497 e. The molecule has 1 atom stereocenters. The van der Waals surface area contributed by atoms with Crippen molar-refractivity contribution in [3.8, 4) is 11.5 Å². The highest BCUT2D eigenvalue weighted by atomic mass is 16.5. The van der Waals surface area contributed by atoms with Crippen molar-refractivity contribution in [1.29, 1.82) is 0 Å². The third-order valence-electron chi connectivity index (χ3n) is 5.84. The molecule has 6 heteroatoms. The zero-order chi connectivity index (χ0) is 25.2. The predicted molar refractivity (Wildman–Crippen MR) is 137 cm³/mol. The molecule has 0 saturated carbocycles. The Bertz CT molecular complexity index is 1080. The van der Waals surface area contributed by atoms with E-state index in [1.807, 2.05) is 92.7 Å². The van der Waals surface area contributed by atoms with Gasteiger partial charge in [0.05, 0.1) is 14.2 Å². The molecule has 3 aromatic rings. The summed E-state index contributed by atoms with van der Waals surface area (Å²) in [6.45, 7) is 4.48. The van der Waals surface area contributed by atoms with Crippen molar-refractivity contribution in [2.75, 3.05) is 20.8 Å². The van der Waals surface area contributed by atoms with Crippen LogP contribution >= 0.6 is 0 Å². The number of hydrogen-bond donors (Lipinski definition) is 1. The van der Waals surface area contributed by atoms with Gasteiger partial charge >= 0.3 is 0 Å². The summed E-state index contributed by atoms with van der Waals surface area (Å²) >= 11 is 0. The van der Waals surface area contributed by atoms with Crippen LogP contribution in [0.1, 0.15) is 36.6 Å². The Kier molecular flexibility index (Phi) is 9.30. The average molecular weight is 475 g/mol. The molecule has 0 aliphatic carbocycles. The number of carbonyl (C=O) groups excluding carboxylic acids is 2. The zero-order valence-electron chi connectivity index (χ0n) is 20.9. The van der Waals surface area contributed by atoms with Crippen molar-refractivity contribution in [3.05, 3.63) is 95.6 Å². The van der Waals surface area contributed by atoms with Crippen molar-refractivity contribution >= 4 is 11.8 Å². The standard InChI is InChI=1S/C29H34N2O4/c1-21(2)29(33)31(20-23-12-16-26(35-4)17-13-23)27(24-8-6-5-7-9-24)28(32)30-19-18-22-10-14-25(34-3)15-11-22/h5-17,21,27H,18-20H2,1-4H3,(H,30,32). The van der Waals surface area contributed by atoms with Crippen LogP contribution in [0.3, 0.4) is 0 Å². The second-order valence-corrected chi connectivity index (χ2v) is 8.67. The van der Waals surface area contributed by atoms with Gasteiger partial charge in [0.2, 0.25) is 11.8 Å². The number of nitrogens with one attached hydrogen (secondary N) is 1. The summed E-state index contributed by atoms with van der Waals surface area (Å²) in [7, 11) is 3.25. The minimum absolute atomic E-state index is 0.0834. The molecule has 0 aliphatic heterocycles. The maximum Gasteiger partial charge on any atom is 0.247 e. The molecule has 0 aliphatic rings. The molecule has 0 spiro atoms. The topological polar surface area (TPSA) is 67.9 Å². The largest absolute Gasteiger partial charge is 0.497 e. The van der Waals surface area contributed by atoms with E-state index in [-0.39, 0.29) is 17.7 Å². The molecule has 2 amide bonds. The van der Waals surface area contributed by atoms with Crippen LogP contribution in [0.25, 0.3) is 0 Å². The molecule has 0 fully saturated rings. The predicted octanol–water partition coefficient (Wildman–Crippen LogP) is 4.79. The van der Waals surface area contributed by atoms with Crippen LogP contribution in [0.2, 0.25) is 0 Å². The molecule has 0 bridgehead atoms. The van der Waals surface area contributed by atoms with Gasteiger partial charge in [-0.3, -0.25) is 9.59 Å². The van der Waals surface area contributed by atoms with Gasteiger partial charge in [0.25, 0.3) is 0 Å². The van der Waals surface area contributed by atoms with E-state index in [4.69, 9.17) is 9.47 Å². The third kappa shape index (κ3) is 7.09. The van der Waals surface area contributed by atoms with E-state index in [0.29, 0.717) is 19.5 Å². The SMILES string of the molecule is COc1ccc(CCNC(=O)C(c2ccccc2)N(Cc2ccc(OC)cc2)C(=O)C(C)C)cc1. The summed E-state index contributed by atoms with van der Waals surface area (Å²) in [5.41, 5.74) is 2.79. The monoisotopic (exact) mass is 474 g/mol. The van der Waals surface area contributed by atoms with Gasteiger partial charge in [0.15, 0.2) is 0 Å². The molecule has 1 unspecified atom stereocenters. The Balaban J connectivity index is 1.83. The first kappa shape index (κ1) is 25.8. The maximum atomic E-state index is 13.5. The first-order chi connectivity index (χ1) is 16.9. The number of ether oxygens (including phenoxy) is 2. The molecule has 0 radical (unpaired) electrons. The lowest BCUT2D eigenvalue weighted by atomic mass is 10.0. The quantitative estimate of drug-likeness (QED) is 0.434. The van der Waals surface area contributed by atoms with Gasteiger partial charge < -0.3 is 19.7 Å². The lowest BCUT2D eigenvalue weighted by Gasteiger charge is -2.33. The number of carbonyl (C=O) groups is 2. The molecule has 0 aromatic heterocycles. The van der Waals surface area contributed by atoms with Crippen molar-refractivity contribution in [2.45, 2.75) is 32.9 Å².